The minimum Gasteiger partial charge on any atom is -0.444 e. The van der Waals surface area contributed by atoms with Crippen molar-refractivity contribution in [2.45, 2.75) is 46.3 Å². The van der Waals surface area contributed by atoms with E-state index in [1.165, 1.54) is 6.20 Å². The number of hydrogen-bond acceptors (Lipinski definition) is 3. The van der Waals surface area contributed by atoms with Gasteiger partial charge in [-0.3, -0.25) is 0 Å². The number of nitrogens with one attached hydrogen (secondary N) is 2. The van der Waals surface area contributed by atoms with Gasteiger partial charge in [0.2, 0.25) is 0 Å². The molecule has 0 saturated heterocycles. The first-order chi connectivity index (χ1) is 12.4. The maximum Gasteiger partial charge on any atom is 0.408 e. The summed E-state index contributed by atoms with van der Waals surface area (Å²) in [5.74, 6) is -0.756. The van der Waals surface area contributed by atoms with Crippen LogP contribution in [0.3, 0.4) is 0 Å². The molecule has 5 nitrogen and oxygen atoms in total. The number of ether oxygens (including phenoxy) is 1. The molecule has 146 valence electrons. The standard InChI is InChI=1S/C20H25F2N3O2/c1-7-20(5,6)16(25-18(26)27-19(2,3)4)17-23-11-15(24-17)13-10-12(21)8-9-14(13)22/h7-11,16H,1H2,2-6H3,(H,23,24)(H,25,26). The van der Waals surface area contributed by atoms with Crippen molar-refractivity contribution in [1.82, 2.24) is 15.3 Å². The Kier molecular flexibility index (Phi) is 5.73. The van der Waals surface area contributed by atoms with Gasteiger partial charge in [0.05, 0.1) is 17.9 Å². The zero-order valence-corrected chi connectivity index (χ0v) is 16.2. The molecular weight excluding hydrogens is 352 g/mol. The molecule has 1 heterocycles. The van der Waals surface area contributed by atoms with Crippen molar-refractivity contribution in [2.75, 3.05) is 0 Å². The Morgan fingerprint density at radius 2 is 1.96 bits per heavy atom. The lowest BCUT2D eigenvalue weighted by Gasteiger charge is -2.31. The molecule has 0 aliphatic carbocycles. The van der Waals surface area contributed by atoms with E-state index in [0.717, 1.165) is 18.2 Å². The van der Waals surface area contributed by atoms with Crippen molar-refractivity contribution >= 4 is 6.09 Å². The van der Waals surface area contributed by atoms with Gasteiger partial charge < -0.3 is 15.0 Å². The summed E-state index contributed by atoms with van der Waals surface area (Å²) >= 11 is 0. The average Bonchev–Trinajstić information content (AvgIpc) is 3.02. The molecule has 0 bridgehead atoms. The summed E-state index contributed by atoms with van der Waals surface area (Å²) in [5.41, 5.74) is -0.891. The molecule has 1 aromatic carbocycles. The topological polar surface area (TPSA) is 67.0 Å². The van der Waals surface area contributed by atoms with E-state index in [1.807, 2.05) is 13.8 Å². The van der Waals surface area contributed by atoms with Crippen LogP contribution in [-0.2, 0) is 4.74 Å². The second-order valence-electron chi connectivity index (χ2n) is 7.91. The summed E-state index contributed by atoms with van der Waals surface area (Å²) in [6, 6.07) is 2.57. The Bertz CT molecular complexity index is 838. The average molecular weight is 377 g/mol. The van der Waals surface area contributed by atoms with Crippen molar-refractivity contribution in [1.29, 1.82) is 0 Å². The van der Waals surface area contributed by atoms with Gasteiger partial charge in [0, 0.05) is 11.0 Å². The normalized spacial score (nSPS) is 13.1. The van der Waals surface area contributed by atoms with Crippen LogP contribution in [0.5, 0.6) is 0 Å². The molecular formula is C20H25F2N3O2. The molecule has 1 aromatic heterocycles. The van der Waals surface area contributed by atoms with Gasteiger partial charge in [-0.05, 0) is 39.0 Å². The number of carbonyl (C=O) groups excluding carboxylic acids is 1. The Balaban J connectivity index is 2.37. The quantitative estimate of drug-likeness (QED) is 0.710. The Labute approximate surface area is 157 Å². The fourth-order valence-corrected chi connectivity index (χ4v) is 2.47. The van der Waals surface area contributed by atoms with Crippen molar-refractivity contribution in [2.24, 2.45) is 5.41 Å². The fourth-order valence-electron chi connectivity index (χ4n) is 2.47. The molecule has 2 aromatic rings. The Morgan fingerprint density at radius 1 is 1.30 bits per heavy atom. The van der Waals surface area contributed by atoms with Gasteiger partial charge in [0.15, 0.2) is 0 Å². The smallest absolute Gasteiger partial charge is 0.408 e. The number of aromatic nitrogens is 2. The van der Waals surface area contributed by atoms with Crippen LogP contribution >= 0.6 is 0 Å². The number of nitrogens with zero attached hydrogens (tertiary/aromatic N) is 1. The summed E-state index contributed by atoms with van der Waals surface area (Å²) in [6.07, 6.45) is 2.47. The van der Waals surface area contributed by atoms with Gasteiger partial charge in [-0.2, -0.15) is 0 Å². The predicted octanol–water partition coefficient (Wildman–Crippen LogP) is 5.13. The van der Waals surface area contributed by atoms with E-state index < -0.39 is 34.8 Å². The molecule has 0 spiro atoms. The van der Waals surface area contributed by atoms with Crippen molar-refractivity contribution < 1.29 is 18.3 Å². The predicted molar refractivity (Wildman–Crippen MR) is 100 cm³/mol. The summed E-state index contributed by atoms with van der Waals surface area (Å²) in [7, 11) is 0. The van der Waals surface area contributed by atoms with E-state index in [2.05, 4.69) is 21.9 Å². The Morgan fingerprint density at radius 3 is 2.56 bits per heavy atom. The molecule has 1 atom stereocenters. The van der Waals surface area contributed by atoms with Gasteiger partial charge in [-0.15, -0.1) is 6.58 Å². The van der Waals surface area contributed by atoms with E-state index in [-0.39, 0.29) is 5.56 Å². The highest BCUT2D eigenvalue weighted by Gasteiger charge is 2.33. The number of halogens is 2. The van der Waals surface area contributed by atoms with E-state index in [0.29, 0.717) is 11.5 Å². The molecule has 0 saturated carbocycles. The first-order valence-corrected chi connectivity index (χ1v) is 8.56. The molecule has 2 rings (SSSR count). The number of hydrogen-bond donors (Lipinski definition) is 2. The van der Waals surface area contributed by atoms with Crippen LogP contribution in [0, 0.1) is 17.0 Å². The molecule has 7 heteroatoms. The number of rotatable bonds is 5. The minimum absolute atomic E-state index is 0.0566. The van der Waals surface area contributed by atoms with Crippen LogP contribution in [-0.4, -0.2) is 21.7 Å². The first kappa shape index (κ1) is 20.6. The number of carbonyl (C=O) groups is 1. The summed E-state index contributed by atoms with van der Waals surface area (Å²) in [6.45, 7) is 12.8. The molecule has 27 heavy (non-hydrogen) atoms. The lowest BCUT2D eigenvalue weighted by molar-refractivity contribution is 0.0469. The zero-order chi connectivity index (χ0) is 20.4. The van der Waals surface area contributed by atoms with E-state index >= 15 is 0 Å². The third-order valence-corrected chi connectivity index (χ3v) is 4.02. The van der Waals surface area contributed by atoms with Gasteiger partial charge in [-0.1, -0.05) is 19.9 Å². The molecule has 0 radical (unpaired) electrons. The van der Waals surface area contributed by atoms with Crippen LogP contribution in [0.2, 0.25) is 0 Å². The fraction of sp³-hybridized carbons (Fsp3) is 0.400. The highest BCUT2D eigenvalue weighted by Crippen LogP contribution is 2.34. The van der Waals surface area contributed by atoms with E-state index in [9.17, 15) is 13.6 Å². The summed E-state index contributed by atoms with van der Waals surface area (Å²) < 4.78 is 32.8. The van der Waals surface area contributed by atoms with Gasteiger partial charge >= 0.3 is 6.09 Å². The monoisotopic (exact) mass is 377 g/mol. The number of alkyl carbamates (subject to hydrolysis) is 1. The molecule has 2 N–H and O–H groups in total. The Hall–Kier alpha value is -2.70. The highest BCUT2D eigenvalue weighted by molar-refractivity contribution is 5.68. The molecule has 0 aliphatic heterocycles. The van der Waals surface area contributed by atoms with Crippen LogP contribution in [0.25, 0.3) is 11.3 Å². The van der Waals surface area contributed by atoms with Crippen LogP contribution in [0.15, 0.2) is 37.1 Å². The van der Waals surface area contributed by atoms with Crippen molar-refractivity contribution in [3.63, 3.8) is 0 Å². The number of amides is 1. The van der Waals surface area contributed by atoms with Gasteiger partial charge in [-0.25, -0.2) is 18.6 Å². The number of imidazole rings is 1. The van der Waals surface area contributed by atoms with E-state index in [4.69, 9.17) is 4.74 Å². The van der Waals surface area contributed by atoms with Crippen LogP contribution in [0.4, 0.5) is 13.6 Å². The third kappa shape index (κ3) is 5.15. The zero-order valence-electron chi connectivity index (χ0n) is 16.2. The number of benzene rings is 1. The van der Waals surface area contributed by atoms with E-state index in [1.54, 1.807) is 26.8 Å². The highest BCUT2D eigenvalue weighted by atomic mass is 19.1. The molecule has 1 unspecified atom stereocenters. The summed E-state index contributed by atoms with van der Waals surface area (Å²) in [5, 5.41) is 2.78. The maximum atomic E-state index is 14.0. The second kappa shape index (κ2) is 7.50. The molecule has 0 aliphatic rings. The maximum absolute atomic E-state index is 14.0. The number of H-pyrrole nitrogens is 1. The molecule has 0 fully saturated rings. The van der Waals surface area contributed by atoms with Crippen molar-refractivity contribution in [3.8, 4) is 11.3 Å². The largest absolute Gasteiger partial charge is 0.444 e. The lowest BCUT2D eigenvalue weighted by atomic mass is 9.84. The molecule has 1 amide bonds. The van der Waals surface area contributed by atoms with Gasteiger partial charge in [0.25, 0.3) is 0 Å². The van der Waals surface area contributed by atoms with Crippen LogP contribution < -0.4 is 5.32 Å². The van der Waals surface area contributed by atoms with Crippen molar-refractivity contribution in [3.05, 3.63) is 54.5 Å². The van der Waals surface area contributed by atoms with Crippen LogP contribution in [0.1, 0.15) is 46.5 Å². The number of aromatic amines is 1. The SMILES string of the molecule is C=CC(C)(C)C(NC(=O)OC(C)(C)C)c1ncc(-c2cc(F)ccc2F)[nH]1. The van der Waals surface area contributed by atoms with Gasteiger partial charge in [0.1, 0.15) is 23.1 Å². The third-order valence-electron chi connectivity index (χ3n) is 4.02. The lowest BCUT2D eigenvalue weighted by Crippen LogP contribution is -2.40. The second-order valence-corrected chi connectivity index (χ2v) is 7.91. The first-order valence-electron chi connectivity index (χ1n) is 8.56. The minimum atomic E-state index is -0.661. The summed E-state index contributed by atoms with van der Waals surface area (Å²) in [4.78, 5) is 19.5.